The summed E-state index contributed by atoms with van der Waals surface area (Å²) in [5.41, 5.74) is 5.15. The maximum Gasteiger partial charge on any atom is 0.422 e. The number of rotatable bonds is 3. The lowest BCUT2D eigenvalue weighted by molar-refractivity contribution is -0.153. The van der Waals surface area contributed by atoms with E-state index in [1.54, 1.807) is 0 Å². The number of pyridine rings is 1. The molecule has 3 N–H and O–H groups in total. The molecular weight excluding hydrogens is 343 g/mol. The number of nitrogen functional groups attached to an aromatic ring is 1. The van der Waals surface area contributed by atoms with Gasteiger partial charge in [0.2, 0.25) is 0 Å². The summed E-state index contributed by atoms with van der Waals surface area (Å²) < 4.78 is 42.0. The van der Waals surface area contributed by atoms with Crippen molar-refractivity contribution in [2.45, 2.75) is 6.18 Å². The summed E-state index contributed by atoms with van der Waals surface area (Å²) in [5.74, 6) is -1.74. The van der Waals surface area contributed by atoms with Gasteiger partial charge in [0.25, 0.3) is 17.4 Å². The average Bonchev–Trinajstić information content (AvgIpc) is 2.80. The van der Waals surface area contributed by atoms with Crippen molar-refractivity contribution in [3.8, 4) is 11.4 Å². The van der Waals surface area contributed by atoms with Crippen LogP contribution in [-0.4, -0.2) is 29.2 Å². The Morgan fingerprint density at radius 1 is 1.08 bits per heavy atom. The second kappa shape index (κ2) is 5.65. The number of nitrogens with two attached hydrogens (primary N) is 1. The van der Waals surface area contributed by atoms with Crippen LogP contribution in [0.5, 0.6) is 5.75 Å². The van der Waals surface area contributed by atoms with E-state index in [-0.39, 0.29) is 28.4 Å². The number of nitrogens with zero attached hydrogens (tertiary/aromatic N) is 1. The zero-order valence-electron chi connectivity index (χ0n) is 12.4. The Hall–Kier alpha value is -3.30. The van der Waals surface area contributed by atoms with E-state index in [2.05, 4.69) is 4.74 Å². The molecule has 1 aliphatic rings. The molecule has 1 aromatic heterocycles. The third kappa shape index (κ3) is 3.05. The molecule has 0 spiro atoms. The molecule has 2 amide bonds. The summed E-state index contributed by atoms with van der Waals surface area (Å²) in [7, 11) is 0. The number of aromatic nitrogens is 1. The van der Waals surface area contributed by atoms with E-state index in [9.17, 15) is 27.6 Å². The fraction of sp³-hybridized carbons (Fsp3) is 0.133. The lowest BCUT2D eigenvalue weighted by atomic mass is 10.1. The number of carbonyl (C=O) groups is 2. The molecule has 0 radical (unpaired) electrons. The van der Waals surface area contributed by atoms with Crippen LogP contribution in [-0.2, 0) is 0 Å². The Labute approximate surface area is 137 Å². The fourth-order valence-corrected chi connectivity index (χ4v) is 2.40. The Bertz CT molecular complexity index is 933. The third-order valence-corrected chi connectivity index (χ3v) is 3.45. The quantitative estimate of drug-likeness (QED) is 0.808. The minimum absolute atomic E-state index is 0.0539. The standard InChI is InChI=1S/C15H10F3N3O4/c16-15(17,18)6-25-8-3-1-7(2-4-8)21-10(22)5-9-11(12(21)19)14(24)20-13(9)23/h1-5H,6,19H2,(H,20,23,24). The summed E-state index contributed by atoms with van der Waals surface area (Å²) in [6.07, 6.45) is -4.47. The number of hydrogen-bond donors (Lipinski definition) is 2. The SMILES string of the molecule is Nc1c2c(cc(=O)n1-c1ccc(OCC(F)(F)F)cc1)C(=O)NC2=O. The molecule has 0 atom stereocenters. The van der Waals surface area contributed by atoms with Crippen molar-refractivity contribution < 1.29 is 27.5 Å². The van der Waals surface area contributed by atoms with Crippen molar-refractivity contribution in [3.63, 3.8) is 0 Å². The molecule has 0 bridgehead atoms. The van der Waals surface area contributed by atoms with Gasteiger partial charge in [-0.3, -0.25) is 24.3 Å². The van der Waals surface area contributed by atoms with Crippen LogP contribution in [0.1, 0.15) is 20.7 Å². The van der Waals surface area contributed by atoms with E-state index in [4.69, 9.17) is 5.73 Å². The first-order valence-corrected chi connectivity index (χ1v) is 6.88. The maximum absolute atomic E-state index is 12.2. The Morgan fingerprint density at radius 2 is 1.72 bits per heavy atom. The third-order valence-electron chi connectivity index (χ3n) is 3.45. The molecule has 2 heterocycles. The van der Waals surface area contributed by atoms with E-state index in [1.807, 2.05) is 5.32 Å². The van der Waals surface area contributed by atoms with E-state index < -0.39 is 30.2 Å². The zero-order chi connectivity index (χ0) is 18.4. The predicted octanol–water partition coefficient (Wildman–Crippen LogP) is 1.24. The topological polar surface area (TPSA) is 103 Å². The molecule has 3 rings (SSSR count). The highest BCUT2D eigenvalue weighted by molar-refractivity contribution is 6.23. The van der Waals surface area contributed by atoms with E-state index in [0.29, 0.717) is 0 Å². The van der Waals surface area contributed by atoms with Gasteiger partial charge < -0.3 is 10.5 Å². The number of nitrogens with one attached hydrogen (secondary N) is 1. The highest BCUT2D eigenvalue weighted by atomic mass is 19.4. The second-order valence-electron chi connectivity index (χ2n) is 5.17. The summed E-state index contributed by atoms with van der Waals surface area (Å²) in [4.78, 5) is 35.6. The molecular formula is C15H10F3N3O4. The van der Waals surface area contributed by atoms with Gasteiger partial charge in [0, 0.05) is 6.07 Å². The maximum atomic E-state index is 12.2. The first-order valence-electron chi connectivity index (χ1n) is 6.88. The normalized spacial score (nSPS) is 13.6. The van der Waals surface area contributed by atoms with Crippen LogP contribution in [0.4, 0.5) is 19.0 Å². The number of anilines is 1. The minimum Gasteiger partial charge on any atom is -0.484 e. The number of halogens is 3. The molecule has 0 saturated carbocycles. The monoisotopic (exact) mass is 353 g/mol. The molecule has 7 nitrogen and oxygen atoms in total. The molecule has 25 heavy (non-hydrogen) atoms. The summed E-state index contributed by atoms with van der Waals surface area (Å²) in [6.45, 7) is -1.45. The smallest absolute Gasteiger partial charge is 0.422 e. The van der Waals surface area contributed by atoms with Crippen LogP contribution in [0, 0.1) is 0 Å². The van der Waals surface area contributed by atoms with Gasteiger partial charge in [0.05, 0.1) is 16.8 Å². The van der Waals surface area contributed by atoms with Crippen molar-refractivity contribution in [2.24, 2.45) is 0 Å². The first-order chi connectivity index (χ1) is 11.7. The molecule has 10 heteroatoms. The number of benzene rings is 1. The second-order valence-corrected chi connectivity index (χ2v) is 5.17. The largest absolute Gasteiger partial charge is 0.484 e. The van der Waals surface area contributed by atoms with Crippen molar-refractivity contribution in [1.29, 1.82) is 0 Å². The summed E-state index contributed by atoms with van der Waals surface area (Å²) >= 11 is 0. The fourth-order valence-electron chi connectivity index (χ4n) is 2.40. The molecule has 1 aromatic carbocycles. The number of ether oxygens (including phenoxy) is 1. The van der Waals surface area contributed by atoms with Crippen LogP contribution in [0.3, 0.4) is 0 Å². The number of amides is 2. The predicted molar refractivity (Wildman–Crippen MR) is 79.8 cm³/mol. The highest BCUT2D eigenvalue weighted by Gasteiger charge is 2.32. The van der Waals surface area contributed by atoms with E-state index >= 15 is 0 Å². The molecule has 0 fully saturated rings. The average molecular weight is 353 g/mol. The highest BCUT2D eigenvalue weighted by Crippen LogP contribution is 2.24. The molecule has 130 valence electrons. The van der Waals surface area contributed by atoms with Crippen LogP contribution in [0.25, 0.3) is 5.69 Å². The lowest BCUT2D eigenvalue weighted by Crippen LogP contribution is -2.24. The lowest BCUT2D eigenvalue weighted by Gasteiger charge is -2.13. The number of alkyl halides is 3. The Morgan fingerprint density at radius 3 is 2.32 bits per heavy atom. The van der Waals surface area contributed by atoms with Crippen molar-refractivity contribution in [3.05, 3.63) is 51.8 Å². The van der Waals surface area contributed by atoms with Crippen LogP contribution in [0.2, 0.25) is 0 Å². The zero-order valence-corrected chi connectivity index (χ0v) is 12.4. The van der Waals surface area contributed by atoms with Gasteiger partial charge in [-0.25, -0.2) is 0 Å². The number of imide groups is 1. The van der Waals surface area contributed by atoms with Gasteiger partial charge in [-0.15, -0.1) is 0 Å². The van der Waals surface area contributed by atoms with Crippen LogP contribution >= 0.6 is 0 Å². The summed E-state index contributed by atoms with van der Waals surface area (Å²) in [5, 5.41) is 2.03. The van der Waals surface area contributed by atoms with Gasteiger partial charge >= 0.3 is 6.18 Å². The van der Waals surface area contributed by atoms with Gasteiger partial charge in [0.15, 0.2) is 6.61 Å². The number of carbonyl (C=O) groups excluding carboxylic acids is 2. The summed E-state index contributed by atoms with van der Waals surface area (Å²) in [6, 6.07) is 6.05. The number of hydrogen-bond acceptors (Lipinski definition) is 5. The van der Waals surface area contributed by atoms with Crippen molar-refractivity contribution >= 4 is 17.6 Å². The van der Waals surface area contributed by atoms with E-state index in [0.717, 1.165) is 10.6 Å². The van der Waals surface area contributed by atoms with Gasteiger partial charge in [0.1, 0.15) is 11.6 Å². The molecule has 1 aliphatic heterocycles. The Balaban J connectivity index is 1.98. The number of fused-ring (bicyclic) bond motifs is 1. The molecule has 0 unspecified atom stereocenters. The van der Waals surface area contributed by atoms with Crippen molar-refractivity contribution in [1.82, 2.24) is 9.88 Å². The van der Waals surface area contributed by atoms with Crippen molar-refractivity contribution in [2.75, 3.05) is 12.3 Å². The minimum atomic E-state index is -4.47. The first kappa shape index (κ1) is 16.6. The molecule has 0 saturated heterocycles. The van der Waals surface area contributed by atoms with Gasteiger partial charge in [-0.05, 0) is 24.3 Å². The molecule has 0 aliphatic carbocycles. The van der Waals surface area contributed by atoms with Gasteiger partial charge in [-0.1, -0.05) is 0 Å². The van der Waals surface area contributed by atoms with E-state index in [1.165, 1.54) is 24.3 Å². The van der Waals surface area contributed by atoms with Gasteiger partial charge in [-0.2, -0.15) is 13.2 Å². The molecule has 2 aromatic rings. The van der Waals surface area contributed by atoms with Crippen LogP contribution < -0.4 is 21.3 Å². The van der Waals surface area contributed by atoms with Crippen LogP contribution in [0.15, 0.2) is 35.1 Å². The Kier molecular flexibility index (Phi) is 3.74.